The van der Waals surface area contributed by atoms with Crippen molar-refractivity contribution in [2.45, 2.75) is 44.6 Å². The van der Waals surface area contributed by atoms with Crippen LogP contribution in [0.25, 0.3) is 0 Å². The van der Waals surface area contributed by atoms with Crippen LogP contribution < -0.4 is 0 Å². The van der Waals surface area contributed by atoms with Crippen LogP contribution in [0.1, 0.15) is 29.6 Å². The molecule has 1 aliphatic rings. The summed E-state index contributed by atoms with van der Waals surface area (Å²) < 4.78 is 1.02. The van der Waals surface area contributed by atoms with Gasteiger partial charge >= 0.3 is 0 Å². The van der Waals surface area contributed by atoms with E-state index in [1.54, 1.807) is 0 Å². The van der Waals surface area contributed by atoms with Gasteiger partial charge in [-0.1, -0.05) is 35.6 Å². The van der Waals surface area contributed by atoms with Crippen molar-refractivity contribution in [2.75, 3.05) is 6.54 Å². The van der Waals surface area contributed by atoms with E-state index < -0.39 is 8.07 Å². The lowest BCUT2D eigenvalue weighted by Crippen LogP contribution is -2.55. The van der Waals surface area contributed by atoms with Gasteiger partial charge in [-0.3, -0.25) is 4.79 Å². The molecule has 2 rings (SSSR count). The fraction of sp³-hybridized carbons (Fsp3) is 0.533. The second-order valence-corrected chi connectivity index (χ2v) is 12.7. The van der Waals surface area contributed by atoms with E-state index in [0.29, 0.717) is 5.67 Å². The minimum Gasteiger partial charge on any atom is -0.339 e. The van der Waals surface area contributed by atoms with Crippen LogP contribution in [0.4, 0.5) is 0 Å². The van der Waals surface area contributed by atoms with Gasteiger partial charge < -0.3 is 4.90 Å². The Balaban J connectivity index is 2.22. The summed E-state index contributed by atoms with van der Waals surface area (Å²) in [5.41, 5.74) is 1.30. The van der Waals surface area contributed by atoms with Crippen molar-refractivity contribution in [1.82, 2.24) is 4.90 Å². The van der Waals surface area contributed by atoms with Crippen LogP contribution in [0.3, 0.4) is 0 Å². The molecule has 0 bridgehead atoms. The second-order valence-electron chi connectivity index (χ2n) is 6.38. The minimum absolute atomic E-state index is 0.208. The van der Waals surface area contributed by atoms with Gasteiger partial charge in [-0.15, -0.1) is 0 Å². The topological polar surface area (TPSA) is 20.3 Å². The number of amides is 1. The summed E-state index contributed by atoms with van der Waals surface area (Å²) in [5, 5.41) is 0. The van der Waals surface area contributed by atoms with Gasteiger partial charge in [0.15, 0.2) is 0 Å². The molecule has 1 aromatic carbocycles. The number of piperidine rings is 1. The van der Waals surface area contributed by atoms with Gasteiger partial charge in [0.05, 0.1) is 8.07 Å². The monoisotopic (exact) mass is 339 g/mol. The Morgan fingerprint density at radius 2 is 1.84 bits per heavy atom. The van der Waals surface area contributed by atoms with E-state index in [0.717, 1.165) is 23.0 Å². The van der Waals surface area contributed by atoms with Gasteiger partial charge in [-0.25, -0.2) is 0 Å². The summed E-state index contributed by atoms with van der Waals surface area (Å²) in [6, 6.07) is 7.73. The molecule has 0 N–H and O–H groups in total. The van der Waals surface area contributed by atoms with Gasteiger partial charge in [0.25, 0.3) is 5.91 Å². The number of hydrogen-bond acceptors (Lipinski definition) is 1. The molecule has 4 heteroatoms. The van der Waals surface area contributed by atoms with Gasteiger partial charge in [-0.2, -0.15) is 0 Å². The van der Waals surface area contributed by atoms with Crippen LogP contribution in [-0.4, -0.2) is 31.1 Å². The highest BCUT2D eigenvalue weighted by molar-refractivity contribution is 9.10. The number of nitrogens with zero attached hydrogens (tertiary/aromatic N) is 1. The molecule has 1 amide bonds. The first-order chi connectivity index (χ1) is 8.89. The summed E-state index contributed by atoms with van der Waals surface area (Å²) in [7, 11) is -1.33. The molecule has 0 radical (unpaired) electrons. The van der Waals surface area contributed by atoms with Crippen LogP contribution >= 0.6 is 15.9 Å². The number of benzene rings is 1. The lowest BCUT2D eigenvalue weighted by molar-refractivity contribution is 0.0682. The number of carbonyl (C=O) groups is 1. The third kappa shape index (κ3) is 3.48. The van der Waals surface area contributed by atoms with Crippen LogP contribution in [0.5, 0.6) is 0 Å². The summed E-state index contributed by atoms with van der Waals surface area (Å²) >= 11 is 3.42. The van der Waals surface area contributed by atoms with E-state index in [4.69, 9.17) is 0 Å². The van der Waals surface area contributed by atoms with Gasteiger partial charge in [0.2, 0.25) is 0 Å². The van der Waals surface area contributed by atoms with Crippen LogP contribution in [0, 0.1) is 0 Å². The fourth-order valence-corrected chi connectivity index (χ4v) is 5.35. The predicted octanol–water partition coefficient (Wildman–Crippen LogP) is 4.32. The van der Waals surface area contributed by atoms with Crippen molar-refractivity contribution < 1.29 is 4.79 Å². The molecule has 1 heterocycles. The second kappa shape index (κ2) is 5.79. The van der Waals surface area contributed by atoms with Crippen molar-refractivity contribution in [2.24, 2.45) is 0 Å². The number of carbonyl (C=O) groups excluding carboxylic acids is 1. The van der Waals surface area contributed by atoms with Gasteiger partial charge in [-0.05, 0) is 43.5 Å². The quantitative estimate of drug-likeness (QED) is 0.734. The number of rotatable bonds is 2. The third-order valence-corrected chi connectivity index (χ3v) is 6.98. The van der Waals surface area contributed by atoms with E-state index >= 15 is 0 Å². The first-order valence-electron chi connectivity index (χ1n) is 6.96. The van der Waals surface area contributed by atoms with E-state index in [2.05, 4.69) is 40.5 Å². The van der Waals surface area contributed by atoms with Crippen molar-refractivity contribution in [3.63, 3.8) is 0 Å². The molecule has 1 atom stereocenters. The first kappa shape index (κ1) is 14.8. The van der Waals surface area contributed by atoms with Crippen molar-refractivity contribution >= 4 is 29.9 Å². The molecule has 0 aliphatic carbocycles. The van der Waals surface area contributed by atoms with E-state index in [1.807, 2.05) is 24.3 Å². The fourth-order valence-electron chi connectivity index (χ4n) is 2.83. The minimum atomic E-state index is -1.33. The highest BCUT2D eigenvalue weighted by Gasteiger charge is 2.36. The average molecular weight is 340 g/mol. The van der Waals surface area contributed by atoms with Crippen molar-refractivity contribution in [3.05, 3.63) is 34.3 Å². The largest absolute Gasteiger partial charge is 0.339 e. The Hall–Kier alpha value is -0.613. The lowest BCUT2D eigenvalue weighted by Gasteiger charge is -2.42. The molecule has 0 spiro atoms. The molecule has 1 saturated heterocycles. The van der Waals surface area contributed by atoms with Gasteiger partial charge in [0, 0.05) is 22.2 Å². The molecule has 1 fully saturated rings. The Bertz CT molecular complexity index is 452. The summed E-state index contributed by atoms with van der Waals surface area (Å²) in [6.07, 6.45) is 3.58. The number of likely N-dealkylation sites (tertiary alicyclic amines) is 1. The zero-order chi connectivity index (χ0) is 14.0. The maximum atomic E-state index is 12.7. The molecular formula is C15H22BrNOSi. The lowest BCUT2D eigenvalue weighted by atomic mass is 10.1. The molecule has 19 heavy (non-hydrogen) atoms. The van der Waals surface area contributed by atoms with Crippen LogP contribution in [-0.2, 0) is 0 Å². The molecule has 1 aromatic rings. The zero-order valence-electron chi connectivity index (χ0n) is 11.9. The zero-order valence-corrected chi connectivity index (χ0v) is 14.5. The standard InChI is InChI=1S/C15H22BrNOSi/c1-19(2,3)14-6-4-5-11-17(14)15(18)12-7-9-13(16)10-8-12/h7-10,14H,4-6,11H2,1-3H3. The Labute approximate surface area is 125 Å². The van der Waals surface area contributed by atoms with Crippen molar-refractivity contribution in [1.29, 1.82) is 0 Å². The normalized spacial score (nSPS) is 20.4. The maximum Gasteiger partial charge on any atom is 0.253 e. The highest BCUT2D eigenvalue weighted by Crippen LogP contribution is 2.27. The van der Waals surface area contributed by atoms with E-state index in [-0.39, 0.29) is 5.91 Å². The molecule has 0 saturated carbocycles. The maximum absolute atomic E-state index is 12.7. The predicted molar refractivity (Wildman–Crippen MR) is 86.2 cm³/mol. The summed E-state index contributed by atoms with van der Waals surface area (Å²) in [5.74, 6) is 0.208. The van der Waals surface area contributed by atoms with Crippen molar-refractivity contribution in [3.8, 4) is 0 Å². The smallest absolute Gasteiger partial charge is 0.253 e. The molecular weight excluding hydrogens is 318 g/mol. The molecule has 2 nitrogen and oxygen atoms in total. The third-order valence-electron chi connectivity index (χ3n) is 3.85. The molecule has 1 aliphatic heterocycles. The Kier molecular flexibility index (Phi) is 4.51. The van der Waals surface area contributed by atoms with Gasteiger partial charge in [0.1, 0.15) is 0 Å². The van der Waals surface area contributed by atoms with E-state index in [1.165, 1.54) is 12.8 Å². The summed E-state index contributed by atoms with van der Waals surface area (Å²) in [6.45, 7) is 8.02. The molecule has 104 valence electrons. The SMILES string of the molecule is C[Si](C)(C)C1CCCCN1C(=O)c1ccc(Br)cc1. The van der Waals surface area contributed by atoms with Crippen LogP contribution in [0.2, 0.25) is 19.6 Å². The molecule has 1 unspecified atom stereocenters. The summed E-state index contributed by atoms with van der Waals surface area (Å²) in [4.78, 5) is 14.8. The number of hydrogen-bond donors (Lipinski definition) is 0. The highest BCUT2D eigenvalue weighted by atomic mass is 79.9. The molecule has 0 aromatic heterocycles. The Morgan fingerprint density at radius 3 is 2.42 bits per heavy atom. The first-order valence-corrected chi connectivity index (χ1v) is 11.3. The Morgan fingerprint density at radius 1 is 1.21 bits per heavy atom. The van der Waals surface area contributed by atoms with Crippen LogP contribution in [0.15, 0.2) is 28.7 Å². The average Bonchev–Trinajstić information content (AvgIpc) is 2.38. The van der Waals surface area contributed by atoms with E-state index in [9.17, 15) is 4.79 Å². The number of halogens is 1.